The van der Waals surface area contributed by atoms with E-state index in [2.05, 4.69) is 28.5 Å². The topological polar surface area (TPSA) is 58.4 Å². The van der Waals surface area contributed by atoms with Gasteiger partial charge in [0.25, 0.3) is 0 Å². The number of anilines is 1. The van der Waals surface area contributed by atoms with Crippen molar-refractivity contribution in [3.8, 4) is 0 Å². The maximum absolute atomic E-state index is 11.4. The molecule has 3 N–H and O–H groups in total. The number of nitrogens with zero attached hydrogens (tertiary/aromatic N) is 1. The first-order valence-electron chi connectivity index (χ1n) is 6.05. The van der Waals surface area contributed by atoms with Crippen LogP contribution in [0.2, 0.25) is 0 Å². The molecule has 1 amide bonds. The predicted molar refractivity (Wildman–Crippen MR) is 68.5 cm³/mol. The van der Waals surface area contributed by atoms with Gasteiger partial charge in [0.2, 0.25) is 5.91 Å². The molecule has 1 aliphatic rings. The summed E-state index contributed by atoms with van der Waals surface area (Å²) in [6.07, 6.45) is 2.28. The highest BCUT2D eigenvalue weighted by atomic mass is 16.2. The molecule has 4 nitrogen and oxygen atoms in total. The number of rotatable bonds is 3. The van der Waals surface area contributed by atoms with Gasteiger partial charge in [0.15, 0.2) is 0 Å². The van der Waals surface area contributed by atoms with Gasteiger partial charge in [0, 0.05) is 18.8 Å². The van der Waals surface area contributed by atoms with Gasteiger partial charge in [0.1, 0.15) is 0 Å². The number of aryl methyl sites for hydroxylation is 1. The quantitative estimate of drug-likeness (QED) is 0.466. The van der Waals surface area contributed by atoms with E-state index in [9.17, 15) is 4.79 Å². The van der Waals surface area contributed by atoms with Gasteiger partial charge in [-0.1, -0.05) is 25.1 Å². The van der Waals surface area contributed by atoms with Crippen LogP contribution in [0.4, 0.5) is 5.69 Å². The highest BCUT2D eigenvalue weighted by molar-refractivity contribution is 5.78. The number of nitrogens with one attached hydrogen (secondary N) is 1. The van der Waals surface area contributed by atoms with E-state index in [1.54, 1.807) is 0 Å². The highest BCUT2D eigenvalue weighted by Gasteiger charge is 2.20. The van der Waals surface area contributed by atoms with Crippen molar-refractivity contribution in [3.05, 3.63) is 29.8 Å². The molecule has 1 aliphatic heterocycles. The number of fused-ring (bicyclic) bond motifs is 1. The van der Waals surface area contributed by atoms with Gasteiger partial charge in [-0.2, -0.15) is 0 Å². The summed E-state index contributed by atoms with van der Waals surface area (Å²) < 4.78 is 0. The van der Waals surface area contributed by atoms with E-state index in [1.807, 2.05) is 13.0 Å². The molecule has 4 heteroatoms. The Balaban J connectivity index is 2.11. The molecule has 2 rings (SSSR count). The molecule has 0 saturated carbocycles. The zero-order valence-corrected chi connectivity index (χ0v) is 10.1. The van der Waals surface area contributed by atoms with Crippen molar-refractivity contribution in [1.29, 1.82) is 0 Å². The summed E-state index contributed by atoms with van der Waals surface area (Å²) in [7, 11) is 0. The fourth-order valence-corrected chi connectivity index (χ4v) is 2.36. The lowest BCUT2D eigenvalue weighted by Crippen LogP contribution is -2.42. The smallest absolute Gasteiger partial charge is 0.238 e. The lowest BCUT2D eigenvalue weighted by atomic mass is 10.0. The van der Waals surface area contributed by atoms with Crippen molar-refractivity contribution in [2.75, 3.05) is 18.0 Å². The first kappa shape index (κ1) is 11.9. The third-order valence-electron chi connectivity index (χ3n) is 3.29. The third kappa shape index (κ3) is 2.58. The fraction of sp³-hybridized carbons (Fsp3) is 0.462. The van der Waals surface area contributed by atoms with Crippen LogP contribution in [0.3, 0.4) is 0 Å². The summed E-state index contributed by atoms with van der Waals surface area (Å²) in [5.41, 5.74) is 4.85. The minimum atomic E-state index is -0.104. The van der Waals surface area contributed by atoms with Gasteiger partial charge in [-0.15, -0.1) is 0 Å². The summed E-state index contributed by atoms with van der Waals surface area (Å²) in [6.45, 7) is 3.64. The zero-order valence-electron chi connectivity index (χ0n) is 10.1. The monoisotopic (exact) mass is 233 g/mol. The molecule has 1 aromatic rings. The van der Waals surface area contributed by atoms with Crippen molar-refractivity contribution >= 4 is 11.6 Å². The number of hydrazine groups is 1. The zero-order chi connectivity index (χ0) is 12.3. The van der Waals surface area contributed by atoms with E-state index in [-0.39, 0.29) is 11.8 Å². The summed E-state index contributed by atoms with van der Waals surface area (Å²) in [5.74, 6) is 4.96. The molecule has 0 spiro atoms. The first-order chi connectivity index (χ1) is 8.22. The van der Waals surface area contributed by atoms with E-state index in [0.717, 1.165) is 25.9 Å². The molecule has 92 valence electrons. The van der Waals surface area contributed by atoms with Crippen molar-refractivity contribution in [2.45, 2.75) is 19.8 Å². The van der Waals surface area contributed by atoms with Gasteiger partial charge < -0.3 is 4.90 Å². The Morgan fingerprint density at radius 2 is 2.29 bits per heavy atom. The average Bonchev–Trinajstić information content (AvgIpc) is 2.38. The molecule has 17 heavy (non-hydrogen) atoms. The van der Waals surface area contributed by atoms with Crippen molar-refractivity contribution in [2.24, 2.45) is 11.8 Å². The Hall–Kier alpha value is -1.55. The lowest BCUT2D eigenvalue weighted by Gasteiger charge is -2.32. The summed E-state index contributed by atoms with van der Waals surface area (Å²) in [5, 5.41) is 0. The number of benzene rings is 1. The van der Waals surface area contributed by atoms with Crippen LogP contribution in [0, 0.1) is 5.92 Å². The second-order valence-corrected chi connectivity index (χ2v) is 4.59. The van der Waals surface area contributed by atoms with E-state index in [1.165, 1.54) is 11.3 Å². The molecular weight excluding hydrogens is 214 g/mol. The number of carbonyl (C=O) groups is 1. The standard InChI is InChI=1S/C13H19N3O/c1-10(13(17)15-14)9-16-8-4-6-11-5-2-3-7-12(11)16/h2-3,5,7,10H,4,6,8-9,14H2,1H3,(H,15,17). The van der Waals surface area contributed by atoms with E-state index in [0.29, 0.717) is 0 Å². The number of nitrogens with two attached hydrogens (primary N) is 1. The molecular formula is C13H19N3O. The van der Waals surface area contributed by atoms with E-state index < -0.39 is 0 Å². The van der Waals surface area contributed by atoms with Crippen LogP contribution in [0.5, 0.6) is 0 Å². The second kappa shape index (κ2) is 5.19. The predicted octanol–water partition coefficient (Wildman–Crippen LogP) is 1.07. The summed E-state index contributed by atoms with van der Waals surface area (Å²) in [4.78, 5) is 13.7. The molecule has 1 atom stereocenters. The van der Waals surface area contributed by atoms with Crippen LogP contribution in [0.15, 0.2) is 24.3 Å². The molecule has 1 aromatic carbocycles. The SMILES string of the molecule is CC(CN1CCCc2ccccc21)C(=O)NN. The molecule has 0 aliphatic carbocycles. The largest absolute Gasteiger partial charge is 0.371 e. The lowest BCUT2D eigenvalue weighted by molar-refractivity contribution is -0.124. The number of carbonyl (C=O) groups excluding carboxylic acids is 1. The minimum Gasteiger partial charge on any atom is -0.371 e. The number of hydrogen-bond donors (Lipinski definition) is 2. The molecule has 0 aromatic heterocycles. The van der Waals surface area contributed by atoms with Gasteiger partial charge in [-0.3, -0.25) is 10.2 Å². The van der Waals surface area contributed by atoms with E-state index >= 15 is 0 Å². The van der Waals surface area contributed by atoms with Crippen LogP contribution >= 0.6 is 0 Å². The first-order valence-corrected chi connectivity index (χ1v) is 6.05. The van der Waals surface area contributed by atoms with Crippen LogP contribution in [0.1, 0.15) is 18.9 Å². The van der Waals surface area contributed by atoms with Crippen LogP contribution in [-0.4, -0.2) is 19.0 Å². The van der Waals surface area contributed by atoms with Gasteiger partial charge in [-0.25, -0.2) is 5.84 Å². The molecule has 0 saturated heterocycles. The second-order valence-electron chi connectivity index (χ2n) is 4.59. The molecule has 0 bridgehead atoms. The summed E-state index contributed by atoms with van der Waals surface area (Å²) >= 11 is 0. The number of hydrogen-bond acceptors (Lipinski definition) is 3. The Kier molecular flexibility index (Phi) is 3.64. The highest BCUT2D eigenvalue weighted by Crippen LogP contribution is 2.27. The normalized spacial score (nSPS) is 16.2. The fourth-order valence-electron chi connectivity index (χ4n) is 2.36. The molecule has 0 fully saturated rings. The van der Waals surface area contributed by atoms with Crippen molar-refractivity contribution < 1.29 is 4.79 Å². The minimum absolute atomic E-state index is 0.0915. The maximum atomic E-state index is 11.4. The molecule has 1 unspecified atom stereocenters. The molecule has 0 radical (unpaired) electrons. The Morgan fingerprint density at radius 3 is 3.06 bits per heavy atom. The number of para-hydroxylation sites is 1. The Labute approximate surface area is 102 Å². The van der Waals surface area contributed by atoms with Crippen molar-refractivity contribution in [1.82, 2.24) is 5.43 Å². The van der Waals surface area contributed by atoms with E-state index in [4.69, 9.17) is 5.84 Å². The van der Waals surface area contributed by atoms with Gasteiger partial charge >= 0.3 is 0 Å². The van der Waals surface area contributed by atoms with Gasteiger partial charge in [0.05, 0.1) is 5.92 Å². The average molecular weight is 233 g/mol. The molecule has 1 heterocycles. The van der Waals surface area contributed by atoms with Crippen LogP contribution < -0.4 is 16.2 Å². The van der Waals surface area contributed by atoms with Crippen LogP contribution in [0.25, 0.3) is 0 Å². The Bertz CT molecular complexity index is 405. The number of amides is 1. The summed E-state index contributed by atoms with van der Waals surface area (Å²) in [6, 6.07) is 8.40. The maximum Gasteiger partial charge on any atom is 0.238 e. The van der Waals surface area contributed by atoms with Crippen molar-refractivity contribution in [3.63, 3.8) is 0 Å². The third-order valence-corrected chi connectivity index (χ3v) is 3.29. The Morgan fingerprint density at radius 1 is 1.53 bits per heavy atom. The van der Waals surface area contributed by atoms with Crippen LogP contribution in [-0.2, 0) is 11.2 Å². The van der Waals surface area contributed by atoms with Gasteiger partial charge in [-0.05, 0) is 24.5 Å².